The smallest absolute Gasteiger partial charge is 0.224 e. The summed E-state index contributed by atoms with van der Waals surface area (Å²) >= 11 is 0. The van der Waals surface area contributed by atoms with Gasteiger partial charge in [-0.1, -0.05) is 18.2 Å². The average Bonchev–Trinajstić information content (AvgIpc) is 3.19. The van der Waals surface area contributed by atoms with Gasteiger partial charge in [-0.05, 0) is 25.1 Å². The highest BCUT2D eigenvalue weighted by Gasteiger charge is 2.32. The topological polar surface area (TPSA) is 70.7 Å². The number of carbonyl (C=O) groups is 2. The highest BCUT2D eigenvalue weighted by atomic mass is 16.5. The van der Waals surface area contributed by atoms with E-state index < -0.39 is 0 Å². The zero-order valence-corrected chi connectivity index (χ0v) is 13.2. The summed E-state index contributed by atoms with van der Waals surface area (Å²) in [6, 6.07) is 9.48. The molecule has 2 saturated heterocycles. The molecule has 2 fully saturated rings. The van der Waals surface area contributed by atoms with Crippen LogP contribution in [-0.2, 0) is 9.59 Å². The van der Waals surface area contributed by atoms with Crippen LogP contribution in [0.15, 0.2) is 30.3 Å². The van der Waals surface area contributed by atoms with E-state index in [1.54, 1.807) is 4.90 Å². The molecule has 6 nitrogen and oxygen atoms in total. The fourth-order valence-electron chi connectivity index (χ4n) is 3.07. The van der Waals surface area contributed by atoms with Crippen molar-refractivity contribution >= 4 is 11.8 Å². The molecule has 2 amide bonds. The Morgan fingerprint density at radius 3 is 2.91 bits per heavy atom. The van der Waals surface area contributed by atoms with Crippen molar-refractivity contribution in [2.75, 3.05) is 32.8 Å². The van der Waals surface area contributed by atoms with Gasteiger partial charge < -0.3 is 20.3 Å². The molecule has 2 heterocycles. The van der Waals surface area contributed by atoms with Crippen LogP contribution in [0.5, 0.6) is 5.75 Å². The highest BCUT2D eigenvalue weighted by Crippen LogP contribution is 2.14. The summed E-state index contributed by atoms with van der Waals surface area (Å²) in [6.07, 6.45) is 1.26. The van der Waals surface area contributed by atoms with Crippen molar-refractivity contribution in [3.63, 3.8) is 0 Å². The van der Waals surface area contributed by atoms with Gasteiger partial charge >= 0.3 is 0 Å². The third kappa shape index (κ3) is 4.22. The summed E-state index contributed by atoms with van der Waals surface area (Å²) in [4.78, 5) is 25.9. The van der Waals surface area contributed by atoms with E-state index in [-0.39, 0.29) is 23.8 Å². The van der Waals surface area contributed by atoms with Crippen LogP contribution in [0.2, 0.25) is 0 Å². The SMILES string of the molecule is O=C(NC1CC(=O)N(CCOc2ccccc2)C1)C1CCNC1. The first-order valence-corrected chi connectivity index (χ1v) is 8.19. The Kier molecular flexibility index (Phi) is 5.12. The lowest BCUT2D eigenvalue weighted by atomic mass is 10.1. The minimum atomic E-state index is -0.0766. The molecule has 0 aliphatic carbocycles. The minimum absolute atomic E-state index is 0.0422. The molecule has 0 spiro atoms. The second-order valence-corrected chi connectivity index (χ2v) is 6.10. The van der Waals surface area contributed by atoms with Gasteiger partial charge in [-0.15, -0.1) is 0 Å². The predicted molar refractivity (Wildman–Crippen MR) is 86.0 cm³/mol. The van der Waals surface area contributed by atoms with Crippen molar-refractivity contribution in [1.82, 2.24) is 15.5 Å². The van der Waals surface area contributed by atoms with Crippen molar-refractivity contribution < 1.29 is 14.3 Å². The number of benzene rings is 1. The zero-order chi connectivity index (χ0) is 16.1. The number of nitrogens with one attached hydrogen (secondary N) is 2. The molecule has 0 saturated carbocycles. The molecule has 124 valence electrons. The molecular formula is C17H23N3O3. The molecule has 0 aromatic heterocycles. The lowest BCUT2D eigenvalue weighted by Crippen LogP contribution is -2.41. The first-order valence-electron chi connectivity index (χ1n) is 8.19. The Labute approximate surface area is 136 Å². The number of likely N-dealkylation sites (tertiary alicyclic amines) is 1. The number of carbonyl (C=O) groups excluding carboxylic acids is 2. The highest BCUT2D eigenvalue weighted by molar-refractivity contribution is 5.83. The summed E-state index contributed by atoms with van der Waals surface area (Å²) in [5.74, 6) is 0.991. The molecule has 3 rings (SSSR count). The molecule has 0 bridgehead atoms. The molecule has 2 N–H and O–H groups in total. The van der Waals surface area contributed by atoms with Gasteiger partial charge in [-0.3, -0.25) is 9.59 Å². The van der Waals surface area contributed by atoms with Gasteiger partial charge in [0.15, 0.2) is 0 Å². The lowest BCUT2D eigenvalue weighted by molar-refractivity contribution is -0.128. The average molecular weight is 317 g/mol. The van der Waals surface area contributed by atoms with E-state index in [2.05, 4.69) is 10.6 Å². The van der Waals surface area contributed by atoms with Crippen molar-refractivity contribution in [3.8, 4) is 5.75 Å². The van der Waals surface area contributed by atoms with E-state index in [1.165, 1.54) is 0 Å². The number of rotatable bonds is 6. The third-order valence-electron chi connectivity index (χ3n) is 4.37. The van der Waals surface area contributed by atoms with E-state index in [0.29, 0.717) is 26.1 Å². The van der Waals surface area contributed by atoms with E-state index in [9.17, 15) is 9.59 Å². The number of hydrogen-bond donors (Lipinski definition) is 2. The quantitative estimate of drug-likeness (QED) is 0.796. The fraction of sp³-hybridized carbons (Fsp3) is 0.529. The van der Waals surface area contributed by atoms with Crippen LogP contribution >= 0.6 is 0 Å². The van der Waals surface area contributed by atoms with Crippen molar-refractivity contribution in [3.05, 3.63) is 30.3 Å². The van der Waals surface area contributed by atoms with Crippen LogP contribution in [-0.4, -0.2) is 55.5 Å². The maximum absolute atomic E-state index is 12.1. The number of ether oxygens (including phenoxy) is 1. The van der Waals surface area contributed by atoms with Gasteiger partial charge in [0.2, 0.25) is 11.8 Å². The summed E-state index contributed by atoms with van der Waals surface area (Å²) < 4.78 is 5.62. The van der Waals surface area contributed by atoms with Crippen LogP contribution < -0.4 is 15.4 Å². The molecule has 1 aromatic rings. The Bertz CT molecular complexity index is 543. The largest absolute Gasteiger partial charge is 0.492 e. The molecule has 1 aromatic carbocycles. The first kappa shape index (κ1) is 15.8. The second kappa shape index (κ2) is 7.46. The number of amides is 2. The van der Waals surface area contributed by atoms with Crippen molar-refractivity contribution in [2.45, 2.75) is 18.9 Å². The lowest BCUT2D eigenvalue weighted by Gasteiger charge is -2.18. The zero-order valence-electron chi connectivity index (χ0n) is 13.2. The van der Waals surface area contributed by atoms with Crippen LogP contribution in [0.3, 0.4) is 0 Å². The molecule has 2 aliphatic rings. The Morgan fingerprint density at radius 2 is 2.17 bits per heavy atom. The Balaban J connectivity index is 1.41. The molecule has 2 aliphatic heterocycles. The molecule has 6 heteroatoms. The van der Waals surface area contributed by atoms with E-state index in [4.69, 9.17) is 4.74 Å². The summed E-state index contributed by atoms with van der Waals surface area (Å²) in [5.41, 5.74) is 0. The second-order valence-electron chi connectivity index (χ2n) is 6.10. The van der Waals surface area contributed by atoms with Gasteiger partial charge in [0.1, 0.15) is 12.4 Å². The van der Waals surface area contributed by atoms with Gasteiger partial charge in [0.25, 0.3) is 0 Å². The fourth-order valence-corrected chi connectivity index (χ4v) is 3.07. The maximum atomic E-state index is 12.1. The van der Waals surface area contributed by atoms with Crippen LogP contribution in [0.1, 0.15) is 12.8 Å². The Hall–Kier alpha value is -2.08. The van der Waals surface area contributed by atoms with E-state index in [0.717, 1.165) is 25.3 Å². The molecule has 0 radical (unpaired) electrons. The summed E-state index contributed by atoms with van der Waals surface area (Å²) in [6.45, 7) is 3.21. The van der Waals surface area contributed by atoms with E-state index >= 15 is 0 Å². The van der Waals surface area contributed by atoms with Gasteiger partial charge in [0, 0.05) is 19.5 Å². The standard InChI is InChI=1S/C17H23N3O3/c21-16-10-14(19-17(22)13-6-7-18-11-13)12-20(16)8-9-23-15-4-2-1-3-5-15/h1-5,13-14,18H,6-12H2,(H,19,22). The van der Waals surface area contributed by atoms with Crippen molar-refractivity contribution in [1.29, 1.82) is 0 Å². The monoisotopic (exact) mass is 317 g/mol. The Morgan fingerprint density at radius 1 is 1.35 bits per heavy atom. The third-order valence-corrected chi connectivity index (χ3v) is 4.37. The first-order chi connectivity index (χ1) is 11.2. The van der Waals surface area contributed by atoms with Gasteiger partial charge in [0.05, 0.1) is 18.5 Å². The van der Waals surface area contributed by atoms with Crippen LogP contribution in [0.4, 0.5) is 0 Å². The predicted octanol–water partition coefficient (Wildman–Crippen LogP) is 0.392. The van der Waals surface area contributed by atoms with E-state index in [1.807, 2.05) is 30.3 Å². The van der Waals surface area contributed by atoms with Crippen LogP contribution in [0, 0.1) is 5.92 Å². The number of nitrogens with zero attached hydrogens (tertiary/aromatic N) is 1. The summed E-state index contributed by atoms with van der Waals surface area (Å²) in [7, 11) is 0. The molecule has 23 heavy (non-hydrogen) atoms. The molecule has 2 unspecified atom stereocenters. The maximum Gasteiger partial charge on any atom is 0.224 e. The van der Waals surface area contributed by atoms with Crippen LogP contribution in [0.25, 0.3) is 0 Å². The molecule has 2 atom stereocenters. The minimum Gasteiger partial charge on any atom is -0.492 e. The van der Waals surface area contributed by atoms with Crippen molar-refractivity contribution in [2.24, 2.45) is 5.92 Å². The van der Waals surface area contributed by atoms with Gasteiger partial charge in [-0.25, -0.2) is 0 Å². The van der Waals surface area contributed by atoms with Gasteiger partial charge in [-0.2, -0.15) is 0 Å². The number of hydrogen-bond acceptors (Lipinski definition) is 4. The molecular weight excluding hydrogens is 294 g/mol. The normalized spacial score (nSPS) is 24.0. The number of para-hydroxylation sites is 1. The summed E-state index contributed by atoms with van der Waals surface area (Å²) in [5, 5.41) is 6.19.